The summed E-state index contributed by atoms with van der Waals surface area (Å²) < 4.78 is 0. The van der Waals surface area contributed by atoms with E-state index >= 15 is 0 Å². The molecule has 0 radical (unpaired) electrons. The standard InChI is InChI=1S/C24H28Cl2N2OS/c1-3-17-12-18(14-22(26)21(17)16-28-10-6-5-7-11-28)24(29)27-15-19-13-20(25)8-9-23(19)30-4-2/h3,8-9,12-14H,1,4-7,10-11,15-16H2,2H3,(H,27,29). The van der Waals surface area contributed by atoms with Crippen LogP contribution in [0.2, 0.25) is 10.0 Å². The van der Waals surface area contributed by atoms with Crippen molar-refractivity contribution in [3.8, 4) is 0 Å². The molecule has 0 unspecified atom stereocenters. The summed E-state index contributed by atoms with van der Waals surface area (Å²) in [7, 11) is 0. The van der Waals surface area contributed by atoms with Gasteiger partial charge in [-0.25, -0.2) is 0 Å². The normalized spacial score (nSPS) is 14.5. The molecule has 1 aliphatic heterocycles. The van der Waals surface area contributed by atoms with Crippen LogP contribution in [0.1, 0.15) is 53.2 Å². The Bertz CT molecular complexity index is 910. The molecule has 6 heteroatoms. The van der Waals surface area contributed by atoms with E-state index in [9.17, 15) is 4.79 Å². The van der Waals surface area contributed by atoms with E-state index in [0.29, 0.717) is 22.2 Å². The third-order valence-corrected chi connectivity index (χ3v) is 6.87. The van der Waals surface area contributed by atoms with Gasteiger partial charge in [-0.3, -0.25) is 9.69 Å². The molecule has 30 heavy (non-hydrogen) atoms. The average molecular weight is 463 g/mol. The van der Waals surface area contributed by atoms with Crippen LogP contribution in [0.3, 0.4) is 0 Å². The Balaban J connectivity index is 1.74. The molecule has 0 aliphatic carbocycles. The van der Waals surface area contributed by atoms with Crippen LogP contribution in [0.4, 0.5) is 0 Å². The molecule has 1 fully saturated rings. The van der Waals surface area contributed by atoms with Gasteiger partial charge >= 0.3 is 0 Å². The predicted molar refractivity (Wildman–Crippen MR) is 130 cm³/mol. The highest BCUT2D eigenvalue weighted by atomic mass is 35.5. The lowest BCUT2D eigenvalue weighted by Crippen LogP contribution is -2.29. The maximum Gasteiger partial charge on any atom is 0.251 e. The number of amides is 1. The fourth-order valence-electron chi connectivity index (χ4n) is 3.74. The van der Waals surface area contributed by atoms with Crippen molar-refractivity contribution in [1.29, 1.82) is 0 Å². The quantitative estimate of drug-likeness (QED) is 0.444. The molecular formula is C24H28Cl2N2OS. The molecule has 1 heterocycles. The number of nitrogens with one attached hydrogen (secondary N) is 1. The number of likely N-dealkylation sites (tertiary alicyclic amines) is 1. The topological polar surface area (TPSA) is 32.3 Å². The van der Waals surface area contributed by atoms with Gasteiger partial charge in [-0.1, -0.05) is 49.2 Å². The maximum absolute atomic E-state index is 12.8. The third kappa shape index (κ3) is 6.04. The third-order valence-electron chi connectivity index (χ3n) is 5.30. The minimum absolute atomic E-state index is 0.156. The van der Waals surface area contributed by atoms with Crippen molar-refractivity contribution < 1.29 is 4.79 Å². The minimum Gasteiger partial charge on any atom is -0.348 e. The summed E-state index contributed by atoms with van der Waals surface area (Å²) in [6, 6.07) is 9.43. The van der Waals surface area contributed by atoms with E-state index in [1.165, 1.54) is 19.3 Å². The molecule has 3 rings (SSSR count). The summed E-state index contributed by atoms with van der Waals surface area (Å²) in [5.41, 5.74) is 3.52. The molecule has 1 N–H and O–H groups in total. The summed E-state index contributed by atoms with van der Waals surface area (Å²) in [6.07, 6.45) is 5.53. The van der Waals surface area contributed by atoms with Crippen LogP contribution in [0.15, 0.2) is 41.8 Å². The van der Waals surface area contributed by atoms with Crippen molar-refractivity contribution in [1.82, 2.24) is 10.2 Å². The van der Waals surface area contributed by atoms with Gasteiger partial charge in [0.25, 0.3) is 5.91 Å². The van der Waals surface area contributed by atoms with Gasteiger partial charge in [-0.05, 0) is 78.7 Å². The number of carbonyl (C=O) groups excluding carboxylic acids is 1. The van der Waals surface area contributed by atoms with Crippen LogP contribution in [-0.4, -0.2) is 29.6 Å². The maximum atomic E-state index is 12.8. The van der Waals surface area contributed by atoms with Crippen molar-refractivity contribution in [2.75, 3.05) is 18.8 Å². The van der Waals surface area contributed by atoms with Gasteiger partial charge in [0.15, 0.2) is 0 Å². The van der Waals surface area contributed by atoms with E-state index < -0.39 is 0 Å². The Morgan fingerprint density at radius 1 is 1.20 bits per heavy atom. The van der Waals surface area contributed by atoms with Crippen LogP contribution in [-0.2, 0) is 13.1 Å². The Kier molecular flexibility index (Phi) is 8.70. The molecule has 1 saturated heterocycles. The second-order valence-electron chi connectivity index (χ2n) is 7.43. The monoisotopic (exact) mass is 462 g/mol. The first-order valence-electron chi connectivity index (χ1n) is 10.4. The number of hydrogen-bond donors (Lipinski definition) is 1. The van der Waals surface area contributed by atoms with E-state index in [4.69, 9.17) is 23.2 Å². The molecule has 2 aromatic carbocycles. The van der Waals surface area contributed by atoms with Gasteiger partial charge < -0.3 is 5.32 Å². The van der Waals surface area contributed by atoms with Crippen LogP contribution in [0, 0.1) is 0 Å². The zero-order valence-electron chi connectivity index (χ0n) is 17.3. The summed E-state index contributed by atoms with van der Waals surface area (Å²) in [4.78, 5) is 16.4. The minimum atomic E-state index is -0.156. The largest absolute Gasteiger partial charge is 0.348 e. The van der Waals surface area contributed by atoms with E-state index in [0.717, 1.165) is 47.0 Å². The number of thioether (sulfide) groups is 1. The molecular weight excluding hydrogens is 435 g/mol. The number of rotatable bonds is 8. The summed E-state index contributed by atoms with van der Waals surface area (Å²) >= 11 is 14.5. The van der Waals surface area contributed by atoms with Crippen LogP contribution in [0.5, 0.6) is 0 Å². The first-order chi connectivity index (χ1) is 14.5. The summed E-state index contributed by atoms with van der Waals surface area (Å²) in [5.74, 6) is 0.802. The highest BCUT2D eigenvalue weighted by Gasteiger charge is 2.17. The van der Waals surface area contributed by atoms with E-state index in [1.54, 1.807) is 23.9 Å². The van der Waals surface area contributed by atoms with Crippen LogP contribution < -0.4 is 5.32 Å². The van der Waals surface area contributed by atoms with E-state index in [1.807, 2.05) is 24.3 Å². The van der Waals surface area contributed by atoms with E-state index in [-0.39, 0.29) is 5.91 Å². The summed E-state index contributed by atoms with van der Waals surface area (Å²) in [6.45, 7) is 9.43. The molecule has 0 saturated carbocycles. The van der Waals surface area contributed by atoms with Gasteiger partial charge in [0, 0.05) is 33.6 Å². The van der Waals surface area contributed by atoms with Crippen molar-refractivity contribution in [3.63, 3.8) is 0 Å². The smallest absolute Gasteiger partial charge is 0.251 e. The molecule has 3 nitrogen and oxygen atoms in total. The number of hydrogen-bond acceptors (Lipinski definition) is 3. The second kappa shape index (κ2) is 11.2. The molecule has 1 aliphatic rings. The molecule has 0 aromatic heterocycles. The fraction of sp³-hybridized carbons (Fsp3) is 0.375. The Hall–Kier alpha value is -1.46. The highest BCUT2D eigenvalue weighted by Crippen LogP contribution is 2.28. The molecule has 0 atom stereocenters. The van der Waals surface area contributed by atoms with Crippen molar-refractivity contribution in [3.05, 3.63) is 69.2 Å². The predicted octanol–water partition coefficient (Wildman–Crippen LogP) is 6.66. The Morgan fingerprint density at radius 3 is 2.67 bits per heavy atom. The molecule has 0 spiro atoms. The number of nitrogens with zero attached hydrogens (tertiary/aromatic N) is 1. The molecule has 160 valence electrons. The number of benzene rings is 2. The van der Waals surface area contributed by atoms with Crippen molar-refractivity contribution >= 4 is 46.9 Å². The zero-order chi connectivity index (χ0) is 21.5. The van der Waals surface area contributed by atoms with E-state index in [2.05, 4.69) is 23.7 Å². The van der Waals surface area contributed by atoms with Crippen LogP contribution >= 0.6 is 35.0 Å². The lowest BCUT2D eigenvalue weighted by atomic mass is 10.0. The second-order valence-corrected chi connectivity index (χ2v) is 9.58. The van der Waals surface area contributed by atoms with Gasteiger partial charge in [0.2, 0.25) is 0 Å². The highest BCUT2D eigenvalue weighted by molar-refractivity contribution is 7.99. The fourth-order valence-corrected chi connectivity index (χ4v) is 5.01. The first-order valence-corrected chi connectivity index (χ1v) is 12.1. The van der Waals surface area contributed by atoms with Crippen molar-refractivity contribution in [2.45, 2.75) is 44.2 Å². The Morgan fingerprint density at radius 2 is 1.97 bits per heavy atom. The van der Waals surface area contributed by atoms with Gasteiger partial charge in [0.05, 0.1) is 0 Å². The summed E-state index contributed by atoms with van der Waals surface area (Å²) in [5, 5.41) is 4.29. The van der Waals surface area contributed by atoms with Crippen LogP contribution in [0.25, 0.3) is 6.08 Å². The van der Waals surface area contributed by atoms with Gasteiger partial charge in [0.1, 0.15) is 0 Å². The van der Waals surface area contributed by atoms with Gasteiger partial charge in [-0.15, -0.1) is 11.8 Å². The molecule has 0 bridgehead atoms. The van der Waals surface area contributed by atoms with Gasteiger partial charge in [-0.2, -0.15) is 0 Å². The molecule has 1 amide bonds. The zero-order valence-corrected chi connectivity index (χ0v) is 19.7. The number of halogens is 2. The molecule has 2 aromatic rings. The first kappa shape index (κ1) is 23.2. The van der Waals surface area contributed by atoms with Crippen molar-refractivity contribution in [2.24, 2.45) is 0 Å². The SMILES string of the molecule is C=Cc1cc(C(=O)NCc2cc(Cl)ccc2SCC)cc(Cl)c1CN1CCCCC1. The average Bonchev–Trinajstić information content (AvgIpc) is 2.75. The Labute approximate surface area is 193 Å². The lowest BCUT2D eigenvalue weighted by Gasteiger charge is -2.27. The lowest BCUT2D eigenvalue weighted by molar-refractivity contribution is 0.0950. The number of carbonyl (C=O) groups is 1. The number of piperidine rings is 1.